The number of aromatic nitrogens is 1. The summed E-state index contributed by atoms with van der Waals surface area (Å²) in [7, 11) is 1.72. The minimum absolute atomic E-state index is 0.130. The summed E-state index contributed by atoms with van der Waals surface area (Å²) in [4.78, 5) is 6.02. The fourth-order valence-electron chi connectivity index (χ4n) is 2.05. The average molecular weight is 300 g/mol. The molecule has 0 spiro atoms. The summed E-state index contributed by atoms with van der Waals surface area (Å²) in [5.41, 5.74) is 1.05. The lowest BCUT2D eigenvalue weighted by Crippen LogP contribution is -2.14. The van der Waals surface area contributed by atoms with E-state index in [0.717, 1.165) is 49.7 Å². The smallest absolute Gasteiger partial charge is 0.122 e. The van der Waals surface area contributed by atoms with Crippen molar-refractivity contribution in [2.75, 3.05) is 20.3 Å². The van der Waals surface area contributed by atoms with E-state index in [9.17, 15) is 0 Å². The van der Waals surface area contributed by atoms with E-state index in [1.54, 1.807) is 18.4 Å². The van der Waals surface area contributed by atoms with Crippen molar-refractivity contribution in [3.8, 4) is 0 Å². The molecule has 1 aromatic heterocycles. The molecule has 4 nitrogen and oxygen atoms in total. The predicted molar refractivity (Wildman–Crippen MR) is 84.1 cm³/mol. The summed E-state index contributed by atoms with van der Waals surface area (Å²) in [6.07, 6.45) is 3.40. The predicted octanol–water partition coefficient (Wildman–Crippen LogP) is 3.67. The molecule has 5 heteroatoms. The van der Waals surface area contributed by atoms with E-state index in [-0.39, 0.29) is 6.10 Å². The molecule has 20 heavy (non-hydrogen) atoms. The second-order valence-electron chi connectivity index (χ2n) is 4.76. The third-order valence-electron chi connectivity index (χ3n) is 2.98. The van der Waals surface area contributed by atoms with Gasteiger partial charge in [0.2, 0.25) is 0 Å². The normalized spacial score (nSPS) is 12.8. The molecule has 0 amide bonds. The van der Waals surface area contributed by atoms with Crippen molar-refractivity contribution >= 4 is 11.3 Å². The summed E-state index contributed by atoms with van der Waals surface area (Å²) in [6.45, 7) is 9.60. The molecule has 0 saturated carbocycles. The molecule has 1 aromatic rings. The van der Waals surface area contributed by atoms with E-state index in [0.29, 0.717) is 6.61 Å². The maximum atomic E-state index is 5.83. The summed E-state index contributed by atoms with van der Waals surface area (Å²) in [6, 6.07) is 0. The van der Waals surface area contributed by atoms with Crippen LogP contribution in [0, 0.1) is 0 Å². The Bertz CT molecular complexity index is 363. The van der Waals surface area contributed by atoms with Gasteiger partial charge in [-0.25, -0.2) is 4.98 Å². The quantitative estimate of drug-likeness (QED) is 0.633. The molecule has 0 aliphatic carbocycles. The van der Waals surface area contributed by atoms with E-state index in [1.165, 1.54) is 4.88 Å². The van der Waals surface area contributed by atoms with Crippen LogP contribution >= 0.6 is 11.3 Å². The van der Waals surface area contributed by atoms with E-state index in [4.69, 9.17) is 14.5 Å². The van der Waals surface area contributed by atoms with Crippen LogP contribution in [0.2, 0.25) is 0 Å². The summed E-state index contributed by atoms with van der Waals surface area (Å²) < 4.78 is 11.1. The van der Waals surface area contributed by atoms with Crippen LogP contribution in [0.15, 0.2) is 0 Å². The Hall–Kier alpha value is -0.490. The van der Waals surface area contributed by atoms with Crippen LogP contribution in [-0.2, 0) is 22.6 Å². The minimum atomic E-state index is 0.130. The van der Waals surface area contributed by atoms with Crippen LogP contribution < -0.4 is 5.32 Å². The molecule has 1 rings (SSSR count). The third kappa shape index (κ3) is 5.48. The molecule has 1 atom stereocenters. The van der Waals surface area contributed by atoms with Crippen LogP contribution in [0.25, 0.3) is 0 Å². The number of hydrogen-bond acceptors (Lipinski definition) is 5. The Morgan fingerprint density at radius 3 is 2.65 bits per heavy atom. The largest absolute Gasteiger partial charge is 0.378 e. The van der Waals surface area contributed by atoms with E-state index >= 15 is 0 Å². The number of ether oxygens (including phenoxy) is 2. The van der Waals surface area contributed by atoms with Gasteiger partial charge in [-0.05, 0) is 26.3 Å². The van der Waals surface area contributed by atoms with E-state index in [1.807, 2.05) is 6.92 Å². The van der Waals surface area contributed by atoms with Gasteiger partial charge in [-0.15, -0.1) is 11.3 Å². The van der Waals surface area contributed by atoms with Gasteiger partial charge in [-0.3, -0.25) is 0 Å². The van der Waals surface area contributed by atoms with Crippen LogP contribution in [-0.4, -0.2) is 25.2 Å². The fourth-order valence-corrected chi connectivity index (χ4v) is 3.17. The summed E-state index contributed by atoms with van der Waals surface area (Å²) in [5, 5.41) is 4.53. The maximum absolute atomic E-state index is 5.83. The minimum Gasteiger partial charge on any atom is -0.378 e. The maximum Gasteiger partial charge on any atom is 0.122 e. The highest BCUT2D eigenvalue weighted by Gasteiger charge is 2.18. The molecule has 1 heterocycles. The molecule has 116 valence electrons. The molecular formula is C15H28N2O2S. The number of thiazole rings is 1. The van der Waals surface area contributed by atoms with Crippen LogP contribution in [0.4, 0.5) is 0 Å². The van der Waals surface area contributed by atoms with Gasteiger partial charge in [-0.1, -0.05) is 20.3 Å². The van der Waals surface area contributed by atoms with Gasteiger partial charge < -0.3 is 14.8 Å². The first-order valence-electron chi connectivity index (χ1n) is 7.56. The zero-order chi connectivity index (χ0) is 14.8. The number of rotatable bonds is 11. The van der Waals surface area contributed by atoms with Crippen LogP contribution in [0.5, 0.6) is 0 Å². The molecule has 0 aliphatic rings. The molecule has 0 aliphatic heterocycles. The zero-order valence-corrected chi connectivity index (χ0v) is 14.0. The highest BCUT2D eigenvalue weighted by molar-refractivity contribution is 7.11. The van der Waals surface area contributed by atoms with E-state index in [2.05, 4.69) is 19.2 Å². The van der Waals surface area contributed by atoms with Gasteiger partial charge in [0, 0.05) is 25.1 Å². The van der Waals surface area contributed by atoms with Crippen molar-refractivity contribution in [2.24, 2.45) is 0 Å². The van der Waals surface area contributed by atoms with Gasteiger partial charge >= 0.3 is 0 Å². The lowest BCUT2D eigenvalue weighted by atomic mass is 10.2. The van der Waals surface area contributed by atoms with Gasteiger partial charge in [0.25, 0.3) is 0 Å². The second-order valence-corrected chi connectivity index (χ2v) is 5.88. The lowest BCUT2D eigenvalue weighted by Gasteiger charge is -2.12. The van der Waals surface area contributed by atoms with Gasteiger partial charge in [0.1, 0.15) is 11.1 Å². The van der Waals surface area contributed by atoms with Crippen molar-refractivity contribution in [1.29, 1.82) is 0 Å². The Balaban J connectivity index is 2.81. The van der Waals surface area contributed by atoms with Crippen molar-refractivity contribution in [1.82, 2.24) is 10.3 Å². The molecule has 1 unspecified atom stereocenters. The SMILES string of the molecule is CCCNCc1sc(C(CCC)OCC)nc1COC. The monoisotopic (exact) mass is 300 g/mol. The first kappa shape index (κ1) is 17.6. The molecule has 0 bridgehead atoms. The van der Waals surface area contributed by atoms with Gasteiger partial charge in [0.15, 0.2) is 0 Å². The summed E-state index contributed by atoms with van der Waals surface area (Å²) in [5.74, 6) is 0. The first-order valence-corrected chi connectivity index (χ1v) is 8.38. The molecule has 0 radical (unpaired) electrons. The molecule has 1 N–H and O–H groups in total. The number of nitrogens with zero attached hydrogens (tertiary/aromatic N) is 1. The molecule has 0 fully saturated rings. The number of methoxy groups -OCH3 is 1. The standard InChI is InChI=1S/C15H28N2O2S/c1-5-8-13(19-7-3)15-17-12(11-18-4)14(20-15)10-16-9-6-2/h13,16H,5-11H2,1-4H3. The Morgan fingerprint density at radius 2 is 2.05 bits per heavy atom. The molecule has 0 saturated heterocycles. The Labute approximate surface area is 126 Å². The Kier molecular flexibility index (Phi) is 9.02. The van der Waals surface area contributed by atoms with Gasteiger partial charge in [-0.2, -0.15) is 0 Å². The third-order valence-corrected chi connectivity index (χ3v) is 4.17. The number of hydrogen-bond donors (Lipinski definition) is 1. The first-order chi connectivity index (χ1) is 9.76. The fraction of sp³-hybridized carbons (Fsp3) is 0.800. The lowest BCUT2D eigenvalue weighted by molar-refractivity contribution is 0.0552. The van der Waals surface area contributed by atoms with Crippen molar-refractivity contribution in [3.05, 3.63) is 15.6 Å². The zero-order valence-electron chi connectivity index (χ0n) is 13.2. The van der Waals surface area contributed by atoms with Gasteiger partial charge in [0.05, 0.1) is 12.3 Å². The Morgan fingerprint density at radius 1 is 1.25 bits per heavy atom. The van der Waals surface area contributed by atoms with Crippen molar-refractivity contribution in [2.45, 2.75) is 59.3 Å². The van der Waals surface area contributed by atoms with Crippen LogP contribution in [0.1, 0.15) is 61.7 Å². The average Bonchev–Trinajstić information content (AvgIpc) is 2.83. The second kappa shape index (κ2) is 10.3. The topological polar surface area (TPSA) is 43.4 Å². The number of nitrogens with one attached hydrogen (secondary N) is 1. The highest BCUT2D eigenvalue weighted by atomic mass is 32.1. The van der Waals surface area contributed by atoms with Crippen LogP contribution in [0.3, 0.4) is 0 Å². The summed E-state index contributed by atoms with van der Waals surface area (Å²) >= 11 is 1.76. The van der Waals surface area contributed by atoms with E-state index < -0.39 is 0 Å². The molecule has 0 aromatic carbocycles. The van der Waals surface area contributed by atoms with Crippen molar-refractivity contribution < 1.29 is 9.47 Å². The highest BCUT2D eigenvalue weighted by Crippen LogP contribution is 2.29. The molecular weight excluding hydrogens is 272 g/mol. The van der Waals surface area contributed by atoms with Crippen molar-refractivity contribution in [3.63, 3.8) is 0 Å².